The van der Waals surface area contributed by atoms with Crippen LogP contribution in [0.2, 0.25) is 0 Å². The van der Waals surface area contributed by atoms with Crippen LogP contribution in [0.25, 0.3) is 0 Å². The Morgan fingerprint density at radius 3 is 2.52 bits per heavy atom. The molecule has 3 heterocycles. The Hall–Kier alpha value is -2.22. The molecule has 7 heteroatoms. The van der Waals surface area contributed by atoms with E-state index in [1.165, 1.54) is 22.6 Å². The number of benzene rings is 1. The van der Waals surface area contributed by atoms with Crippen molar-refractivity contribution < 1.29 is 0 Å². The van der Waals surface area contributed by atoms with Crippen LogP contribution in [0.4, 0.5) is 5.13 Å². The fraction of sp³-hybridized carbons (Fsp3) is 0.400. The number of piperazine rings is 1. The first kappa shape index (κ1) is 18.2. The van der Waals surface area contributed by atoms with Gasteiger partial charge >= 0.3 is 0 Å². The maximum absolute atomic E-state index is 5.73. The van der Waals surface area contributed by atoms with Crippen molar-refractivity contribution in [3.05, 3.63) is 64.9 Å². The van der Waals surface area contributed by atoms with Gasteiger partial charge in [0.2, 0.25) is 0 Å². The minimum absolute atomic E-state index is 0.249. The lowest BCUT2D eigenvalue weighted by Gasteiger charge is -2.39. The lowest BCUT2D eigenvalue weighted by molar-refractivity contribution is 0.107. The second kappa shape index (κ2) is 8.21. The van der Waals surface area contributed by atoms with E-state index in [-0.39, 0.29) is 6.04 Å². The lowest BCUT2D eigenvalue weighted by atomic mass is 10.0. The van der Waals surface area contributed by atoms with Crippen molar-refractivity contribution in [3.63, 3.8) is 0 Å². The number of aryl methyl sites for hydroxylation is 1. The molecule has 0 spiro atoms. The van der Waals surface area contributed by atoms with Crippen molar-refractivity contribution in [3.8, 4) is 0 Å². The van der Waals surface area contributed by atoms with Crippen molar-refractivity contribution in [2.75, 3.05) is 38.5 Å². The van der Waals surface area contributed by atoms with Crippen molar-refractivity contribution in [1.82, 2.24) is 24.6 Å². The number of thiazole rings is 1. The lowest BCUT2D eigenvalue weighted by Crippen LogP contribution is -2.48. The largest absolute Gasteiger partial charge is 0.375 e. The van der Waals surface area contributed by atoms with Gasteiger partial charge in [-0.1, -0.05) is 30.3 Å². The van der Waals surface area contributed by atoms with Gasteiger partial charge in [0.25, 0.3) is 0 Å². The Morgan fingerprint density at radius 1 is 1.11 bits per heavy atom. The zero-order valence-corrected chi connectivity index (χ0v) is 16.5. The molecular formula is C20H26N6S. The topological polar surface area (TPSA) is 63.2 Å². The van der Waals surface area contributed by atoms with Crippen LogP contribution in [0.5, 0.6) is 0 Å². The molecule has 6 nitrogen and oxygen atoms in total. The standard InChI is InChI=1S/C20H26N6S/c1-24-18(7-9-22-24)19(16-5-3-2-4-6-16)26-13-11-25(12-14-26)10-8-17-15-27-20(21)23-17/h2-7,9,15,19H,8,10-14H2,1H3,(H2,21,23). The summed E-state index contributed by atoms with van der Waals surface area (Å²) < 4.78 is 2.00. The van der Waals surface area contributed by atoms with Gasteiger partial charge in [-0.2, -0.15) is 5.10 Å². The Bertz CT molecular complexity index is 850. The van der Waals surface area contributed by atoms with Crippen LogP contribution in [0, 0.1) is 0 Å². The maximum atomic E-state index is 5.73. The number of nitrogens with zero attached hydrogens (tertiary/aromatic N) is 5. The Kier molecular flexibility index (Phi) is 5.52. The van der Waals surface area contributed by atoms with Crippen molar-refractivity contribution >= 4 is 16.5 Å². The van der Waals surface area contributed by atoms with Gasteiger partial charge in [0, 0.05) is 57.8 Å². The number of nitrogen functional groups attached to an aromatic ring is 1. The highest BCUT2D eigenvalue weighted by Gasteiger charge is 2.28. The van der Waals surface area contributed by atoms with Crippen LogP contribution < -0.4 is 5.73 Å². The quantitative estimate of drug-likeness (QED) is 0.709. The highest BCUT2D eigenvalue weighted by Crippen LogP contribution is 2.29. The zero-order valence-electron chi connectivity index (χ0n) is 15.7. The third-order valence-electron chi connectivity index (χ3n) is 5.28. The van der Waals surface area contributed by atoms with Gasteiger partial charge in [-0.25, -0.2) is 4.98 Å². The molecule has 2 N–H and O–H groups in total. The van der Waals surface area contributed by atoms with Crippen molar-refractivity contribution in [2.45, 2.75) is 12.5 Å². The van der Waals surface area contributed by atoms with Gasteiger partial charge in [-0.3, -0.25) is 9.58 Å². The molecule has 1 saturated heterocycles. The molecule has 0 aliphatic carbocycles. The van der Waals surface area contributed by atoms with Crippen LogP contribution in [-0.2, 0) is 13.5 Å². The highest BCUT2D eigenvalue weighted by atomic mass is 32.1. The first-order valence-corrected chi connectivity index (χ1v) is 10.3. The van der Waals surface area contributed by atoms with E-state index in [9.17, 15) is 0 Å². The molecule has 0 radical (unpaired) electrons. The third-order valence-corrected chi connectivity index (χ3v) is 6.00. The fourth-order valence-electron chi connectivity index (χ4n) is 3.81. The van der Waals surface area contributed by atoms with E-state index in [4.69, 9.17) is 5.73 Å². The molecule has 142 valence electrons. The summed E-state index contributed by atoms with van der Waals surface area (Å²) >= 11 is 1.52. The Labute approximate surface area is 164 Å². The summed E-state index contributed by atoms with van der Waals surface area (Å²) in [6, 6.07) is 13.1. The summed E-state index contributed by atoms with van der Waals surface area (Å²) in [6.07, 6.45) is 2.86. The predicted octanol–water partition coefficient (Wildman–Crippen LogP) is 2.41. The zero-order chi connectivity index (χ0) is 18.6. The van der Waals surface area contributed by atoms with Gasteiger partial charge in [-0.05, 0) is 11.6 Å². The summed E-state index contributed by atoms with van der Waals surface area (Å²) in [5.41, 5.74) is 9.41. The smallest absolute Gasteiger partial charge is 0.180 e. The van der Waals surface area contributed by atoms with Crippen LogP contribution in [0.3, 0.4) is 0 Å². The van der Waals surface area contributed by atoms with Gasteiger partial charge in [0.1, 0.15) is 0 Å². The summed E-state index contributed by atoms with van der Waals surface area (Å²) in [4.78, 5) is 9.47. The first-order chi connectivity index (χ1) is 13.2. The van der Waals surface area contributed by atoms with E-state index < -0.39 is 0 Å². The Morgan fingerprint density at radius 2 is 1.89 bits per heavy atom. The van der Waals surface area contributed by atoms with Crippen molar-refractivity contribution in [1.29, 1.82) is 0 Å². The molecule has 1 fully saturated rings. The fourth-order valence-corrected chi connectivity index (χ4v) is 4.41. The van der Waals surface area contributed by atoms with E-state index in [0.717, 1.165) is 44.8 Å². The number of rotatable bonds is 6. The number of anilines is 1. The third kappa shape index (κ3) is 4.21. The summed E-state index contributed by atoms with van der Waals surface area (Å²) in [5.74, 6) is 0. The van der Waals surface area contributed by atoms with E-state index in [1.54, 1.807) is 0 Å². The molecule has 1 aliphatic heterocycles. The number of hydrogen-bond donors (Lipinski definition) is 1. The first-order valence-electron chi connectivity index (χ1n) is 9.40. The van der Waals surface area contributed by atoms with Crippen LogP contribution >= 0.6 is 11.3 Å². The minimum Gasteiger partial charge on any atom is -0.375 e. The molecular weight excluding hydrogens is 356 g/mol. The summed E-state index contributed by atoms with van der Waals surface area (Å²) in [6.45, 7) is 5.27. The van der Waals surface area contributed by atoms with Crippen LogP contribution in [-0.4, -0.2) is 57.3 Å². The Balaban J connectivity index is 1.42. The predicted molar refractivity (Wildman–Crippen MR) is 110 cm³/mol. The highest BCUT2D eigenvalue weighted by molar-refractivity contribution is 7.13. The molecule has 1 atom stereocenters. The van der Waals surface area contributed by atoms with E-state index in [0.29, 0.717) is 5.13 Å². The summed E-state index contributed by atoms with van der Waals surface area (Å²) in [7, 11) is 2.03. The van der Waals surface area contributed by atoms with Gasteiger partial charge < -0.3 is 10.6 Å². The average molecular weight is 383 g/mol. The number of nitrogens with two attached hydrogens (primary N) is 1. The number of hydrogen-bond acceptors (Lipinski definition) is 6. The second-order valence-corrected chi connectivity index (χ2v) is 7.89. The molecule has 0 amide bonds. The van der Waals surface area contributed by atoms with E-state index in [2.05, 4.69) is 61.7 Å². The van der Waals surface area contributed by atoms with E-state index in [1.807, 2.05) is 17.9 Å². The molecule has 1 unspecified atom stereocenters. The molecule has 1 aliphatic rings. The second-order valence-electron chi connectivity index (χ2n) is 7.00. The molecule has 4 rings (SSSR count). The minimum atomic E-state index is 0.249. The van der Waals surface area contributed by atoms with Crippen molar-refractivity contribution in [2.24, 2.45) is 7.05 Å². The molecule has 0 bridgehead atoms. The number of aromatic nitrogens is 3. The summed E-state index contributed by atoms with van der Waals surface area (Å²) in [5, 5.41) is 7.13. The van der Waals surface area contributed by atoms with Gasteiger partial charge in [0.15, 0.2) is 5.13 Å². The molecule has 1 aromatic carbocycles. The SMILES string of the molecule is Cn1nccc1C(c1ccccc1)N1CCN(CCc2csc(N)n2)CC1. The molecule has 0 saturated carbocycles. The van der Waals surface area contributed by atoms with Gasteiger partial charge in [0.05, 0.1) is 17.4 Å². The maximum Gasteiger partial charge on any atom is 0.180 e. The van der Waals surface area contributed by atoms with Crippen LogP contribution in [0.15, 0.2) is 48.0 Å². The normalized spacial score (nSPS) is 17.2. The van der Waals surface area contributed by atoms with E-state index >= 15 is 0 Å². The monoisotopic (exact) mass is 382 g/mol. The molecule has 3 aromatic rings. The average Bonchev–Trinajstić information content (AvgIpc) is 3.31. The van der Waals surface area contributed by atoms with Crippen LogP contribution in [0.1, 0.15) is 23.0 Å². The molecule has 27 heavy (non-hydrogen) atoms. The van der Waals surface area contributed by atoms with Gasteiger partial charge in [-0.15, -0.1) is 11.3 Å². The molecule has 2 aromatic heterocycles.